The van der Waals surface area contributed by atoms with Crippen molar-refractivity contribution in [1.29, 1.82) is 0 Å². The fraction of sp³-hybridized carbons (Fsp3) is 0. The van der Waals surface area contributed by atoms with Gasteiger partial charge in [-0.3, -0.25) is 29.3 Å². The molecule has 15 heteroatoms. The zero-order valence-corrected chi connectivity index (χ0v) is 15.2. The Kier molecular flexibility index (Phi) is 5.52. The fourth-order valence-electron chi connectivity index (χ4n) is 1.91. The van der Waals surface area contributed by atoms with Crippen LogP contribution in [0.4, 0.5) is 11.4 Å². The van der Waals surface area contributed by atoms with Gasteiger partial charge in [-0.25, -0.2) is 0 Å². The van der Waals surface area contributed by atoms with E-state index < -0.39 is 51.2 Å². The van der Waals surface area contributed by atoms with Crippen molar-refractivity contribution >= 4 is 43.4 Å². The topological polar surface area (TPSA) is 195 Å². The third-order valence-electron chi connectivity index (χ3n) is 3.05. The summed E-state index contributed by atoms with van der Waals surface area (Å²) in [6.45, 7) is 0. The molecule has 0 amide bonds. The van der Waals surface area contributed by atoms with Crippen molar-refractivity contribution in [1.82, 2.24) is 0 Å². The van der Waals surface area contributed by atoms with E-state index >= 15 is 0 Å². The number of non-ortho nitro benzene ring substituents is 2. The second kappa shape index (κ2) is 7.20. The van der Waals surface area contributed by atoms with Crippen LogP contribution in [-0.2, 0) is 20.2 Å². The van der Waals surface area contributed by atoms with Crippen molar-refractivity contribution in [3.8, 4) is 0 Å². The predicted octanol–water partition coefficient (Wildman–Crippen LogP) is 2.15. The van der Waals surface area contributed by atoms with Gasteiger partial charge in [-0.1, -0.05) is 11.8 Å². The van der Waals surface area contributed by atoms with Crippen molar-refractivity contribution in [3.63, 3.8) is 0 Å². The lowest BCUT2D eigenvalue weighted by Gasteiger charge is -2.09. The van der Waals surface area contributed by atoms with Gasteiger partial charge in [0.05, 0.1) is 9.85 Å². The fourth-order valence-corrected chi connectivity index (χ4v) is 4.80. The second-order valence-electron chi connectivity index (χ2n) is 4.83. The first-order valence-electron chi connectivity index (χ1n) is 6.50. The van der Waals surface area contributed by atoms with Gasteiger partial charge in [-0.2, -0.15) is 16.8 Å². The zero-order valence-electron chi connectivity index (χ0n) is 12.7. The van der Waals surface area contributed by atoms with Crippen LogP contribution in [0, 0.1) is 20.2 Å². The third-order valence-corrected chi connectivity index (χ3v) is 6.25. The van der Waals surface area contributed by atoms with Crippen molar-refractivity contribution in [3.05, 3.63) is 56.6 Å². The monoisotopic (exact) mass is 436 g/mol. The number of nitrogens with zero attached hydrogens (tertiary/aromatic N) is 2. The van der Waals surface area contributed by atoms with Crippen LogP contribution in [0.5, 0.6) is 0 Å². The molecule has 2 aromatic rings. The molecule has 0 unspecified atom stereocenters. The largest absolute Gasteiger partial charge is 0.295 e. The summed E-state index contributed by atoms with van der Waals surface area (Å²) < 4.78 is 64.6. The van der Waals surface area contributed by atoms with Crippen LogP contribution >= 0.6 is 11.8 Å². The van der Waals surface area contributed by atoms with Gasteiger partial charge < -0.3 is 0 Å². The van der Waals surface area contributed by atoms with Crippen LogP contribution in [-0.4, -0.2) is 35.8 Å². The highest BCUT2D eigenvalue weighted by Crippen LogP contribution is 2.39. The van der Waals surface area contributed by atoms with E-state index in [1.54, 1.807) is 0 Å². The molecule has 0 spiro atoms. The molecular formula is C12H8N2O10S3. The molecule has 27 heavy (non-hydrogen) atoms. The second-order valence-corrected chi connectivity index (χ2v) is 8.69. The maximum atomic E-state index is 11.5. The number of hydrogen-bond donors (Lipinski definition) is 2. The van der Waals surface area contributed by atoms with Crippen LogP contribution in [0.3, 0.4) is 0 Å². The van der Waals surface area contributed by atoms with Gasteiger partial charge in [0.1, 0.15) is 9.79 Å². The Balaban J connectivity index is 2.67. The van der Waals surface area contributed by atoms with Gasteiger partial charge in [-0.15, -0.1) is 0 Å². The average molecular weight is 436 g/mol. The molecule has 2 rings (SSSR count). The molecule has 0 saturated carbocycles. The lowest BCUT2D eigenvalue weighted by Crippen LogP contribution is -2.04. The summed E-state index contributed by atoms with van der Waals surface area (Å²) in [6, 6.07) is 4.85. The van der Waals surface area contributed by atoms with E-state index in [-0.39, 0.29) is 9.79 Å². The minimum atomic E-state index is -4.92. The Morgan fingerprint density at radius 3 is 1.33 bits per heavy atom. The quantitative estimate of drug-likeness (QED) is 0.382. The highest BCUT2D eigenvalue weighted by molar-refractivity contribution is 8.00. The Morgan fingerprint density at radius 2 is 1.07 bits per heavy atom. The van der Waals surface area contributed by atoms with Crippen LogP contribution in [0.25, 0.3) is 0 Å². The summed E-state index contributed by atoms with van der Waals surface area (Å²) in [5, 5.41) is 21.6. The molecule has 0 aromatic heterocycles. The molecule has 2 aromatic carbocycles. The molecule has 0 fully saturated rings. The molecule has 0 atom stereocenters. The Hall–Kier alpha value is -2.59. The molecular weight excluding hydrogens is 428 g/mol. The van der Waals surface area contributed by atoms with Gasteiger partial charge in [-0.05, 0) is 12.1 Å². The molecule has 12 nitrogen and oxygen atoms in total. The van der Waals surface area contributed by atoms with Crippen LogP contribution in [0.15, 0.2) is 56.0 Å². The van der Waals surface area contributed by atoms with Gasteiger partial charge in [0, 0.05) is 34.1 Å². The first kappa shape index (κ1) is 20.7. The lowest BCUT2D eigenvalue weighted by molar-refractivity contribution is -0.385. The number of nitro benzene ring substituents is 2. The molecule has 0 bridgehead atoms. The van der Waals surface area contributed by atoms with Gasteiger partial charge in [0.25, 0.3) is 31.6 Å². The normalized spacial score (nSPS) is 11.9. The van der Waals surface area contributed by atoms with E-state index in [1.807, 2.05) is 0 Å². The summed E-state index contributed by atoms with van der Waals surface area (Å²) in [5.74, 6) is 0. The Morgan fingerprint density at radius 1 is 0.741 bits per heavy atom. The van der Waals surface area contributed by atoms with Gasteiger partial charge >= 0.3 is 0 Å². The Bertz CT molecular complexity index is 1070. The predicted molar refractivity (Wildman–Crippen MR) is 89.9 cm³/mol. The van der Waals surface area contributed by atoms with Crippen LogP contribution < -0.4 is 0 Å². The summed E-state index contributed by atoms with van der Waals surface area (Å²) >= 11 is 0.412. The van der Waals surface area contributed by atoms with Crippen molar-refractivity contribution < 1.29 is 35.8 Å². The molecule has 144 valence electrons. The zero-order chi connectivity index (χ0) is 20.6. The summed E-state index contributed by atoms with van der Waals surface area (Å²) in [6.07, 6.45) is 0. The number of hydrogen-bond acceptors (Lipinski definition) is 9. The van der Waals surface area contributed by atoms with Crippen molar-refractivity contribution in [2.45, 2.75) is 19.6 Å². The smallest absolute Gasteiger partial charge is 0.282 e. The molecule has 0 saturated heterocycles. The highest BCUT2D eigenvalue weighted by Gasteiger charge is 2.25. The minimum absolute atomic E-state index is 0.304. The molecule has 0 aliphatic rings. The molecule has 2 N–H and O–H groups in total. The molecule has 0 heterocycles. The lowest BCUT2D eigenvalue weighted by atomic mass is 10.3. The summed E-state index contributed by atoms with van der Waals surface area (Å²) in [7, 11) is -9.85. The minimum Gasteiger partial charge on any atom is -0.282 e. The van der Waals surface area contributed by atoms with Crippen molar-refractivity contribution in [2.24, 2.45) is 0 Å². The maximum Gasteiger partial charge on any atom is 0.295 e. The standard InChI is InChI=1S/C12H8N2O10S3/c15-13(16)7-1-3-9(11(5-7)26(19,20)21)25-10-4-2-8(14(17)18)6-12(10)27(22,23)24/h1-6H,(H,19,20,21)(H,22,23,24). The van der Waals surface area contributed by atoms with Gasteiger partial charge in [0.15, 0.2) is 0 Å². The summed E-state index contributed by atoms with van der Waals surface area (Å²) in [5.41, 5.74) is -1.30. The van der Waals surface area contributed by atoms with E-state index in [4.69, 9.17) is 0 Å². The molecule has 0 aliphatic heterocycles. The van der Waals surface area contributed by atoms with E-state index in [0.717, 1.165) is 24.3 Å². The highest BCUT2D eigenvalue weighted by atomic mass is 32.2. The van der Waals surface area contributed by atoms with E-state index in [1.165, 1.54) is 0 Å². The SMILES string of the molecule is O=[N+]([O-])c1ccc(Sc2ccc([N+](=O)[O-])cc2S(=O)(=O)O)c(S(=O)(=O)O)c1. The van der Waals surface area contributed by atoms with Crippen molar-refractivity contribution in [2.75, 3.05) is 0 Å². The third kappa shape index (κ3) is 4.77. The molecule has 0 aliphatic carbocycles. The first-order valence-corrected chi connectivity index (χ1v) is 10.2. The number of nitro groups is 2. The van der Waals surface area contributed by atoms with Crippen LogP contribution in [0.2, 0.25) is 0 Å². The van der Waals surface area contributed by atoms with Gasteiger partial charge in [0.2, 0.25) is 0 Å². The molecule has 0 radical (unpaired) electrons. The van der Waals surface area contributed by atoms with Crippen LogP contribution in [0.1, 0.15) is 0 Å². The number of rotatable bonds is 6. The first-order chi connectivity index (χ1) is 12.3. The van der Waals surface area contributed by atoms with E-state index in [9.17, 15) is 46.2 Å². The average Bonchev–Trinajstić information content (AvgIpc) is 2.53. The number of benzene rings is 2. The summed E-state index contributed by atoms with van der Waals surface area (Å²) in [4.78, 5) is 17.4. The van der Waals surface area contributed by atoms with E-state index in [0.29, 0.717) is 23.9 Å². The Labute approximate surface area is 155 Å². The van der Waals surface area contributed by atoms with E-state index in [2.05, 4.69) is 0 Å². The maximum absolute atomic E-state index is 11.5.